The number of carbonyl (C=O) groups is 4. The van der Waals surface area contributed by atoms with Gasteiger partial charge in [0.05, 0.1) is 5.56 Å². The lowest BCUT2D eigenvalue weighted by atomic mass is 10.1. The van der Waals surface area contributed by atoms with Crippen LogP contribution in [0.1, 0.15) is 36.4 Å². The monoisotopic (exact) mass is 633 g/mol. The maximum Gasteiger partial charge on any atom is 0.335 e. The third kappa shape index (κ3) is 8.56. The molecule has 5 aromatic rings. The van der Waals surface area contributed by atoms with Gasteiger partial charge in [0, 0.05) is 26.7 Å². The number of carboxylic acid groups (broad SMARTS) is 1. The first-order chi connectivity index (χ1) is 21.9. The summed E-state index contributed by atoms with van der Waals surface area (Å²) in [5.74, 6) is -2.35. The second kappa shape index (κ2) is 14.8. The van der Waals surface area contributed by atoms with Crippen molar-refractivity contribution in [2.24, 2.45) is 0 Å². The van der Waals surface area contributed by atoms with Crippen molar-refractivity contribution >= 4 is 64.2 Å². The molecule has 1 atom stereocenters. The molecule has 3 amide bonds. The number of thioether (sulfide) groups is 1. The van der Waals surface area contributed by atoms with E-state index in [1.807, 2.05) is 53.9 Å². The number of aromatic carboxylic acids is 1. The fourth-order valence-corrected chi connectivity index (χ4v) is 6.02. The minimum absolute atomic E-state index is 0.0626. The third-order valence-electron chi connectivity index (χ3n) is 6.42. The summed E-state index contributed by atoms with van der Waals surface area (Å²) < 4.78 is 0. The van der Waals surface area contributed by atoms with Gasteiger partial charge in [0.2, 0.25) is 5.91 Å². The number of benzene rings is 4. The molecule has 0 aliphatic rings. The fraction of sp³-hybridized carbons (Fsp3) is 0.0286. The van der Waals surface area contributed by atoms with E-state index in [-0.39, 0.29) is 17.2 Å². The molecular weight excluding hydrogens is 607 g/mol. The van der Waals surface area contributed by atoms with E-state index in [4.69, 9.17) is 0 Å². The lowest BCUT2D eigenvalue weighted by Gasteiger charge is -2.18. The second-order valence-electron chi connectivity index (χ2n) is 9.66. The lowest BCUT2D eigenvalue weighted by Crippen LogP contribution is -2.30. The molecule has 0 aliphatic carbocycles. The number of amides is 3. The molecule has 45 heavy (non-hydrogen) atoms. The summed E-state index contributed by atoms with van der Waals surface area (Å²) >= 11 is 2.71. The van der Waals surface area contributed by atoms with Gasteiger partial charge in [0.25, 0.3) is 11.8 Å². The summed E-state index contributed by atoms with van der Waals surface area (Å²) in [5.41, 5.74) is 2.14. The van der Waals surface area contributed by atoms with Gasteiger partial charge in [-0.15, -0.1) is 23.1 Å². The van der Waals surface area contributed by atoms with Gasteiger partial charge in [0.15, 0.2) is 0 Å². The van der Waals surface area contributed by atoms with Crippen LogP contribution in [-0.4, -0.2) is 28.8 Å². The van der Waals surface area contributed by atoms with E-state index in [1.165, 1.54) is 35.2 Å². The molecule has 0 fully saturated rings. The highest BCUT2D eigenvalue weighted by Gasteiger charge is 2.23. The topological polar surface area (TPSA) is 125 Å². The first-order valence-electron chi connectivity index (χ1n) is 13.7. The van der Waals surface area contributed by atoms with Crippen molar-refractivity contribution in [2.75, 3.05) is 10.6 Å². The Balaban J connectivity index is 1.35. The minimum atomic E-state index is -1.09. The Morgan fingerprint density at radius 1 is 0.711 bits per heavy atom. The molecule has 0 spiro atoms. The number of hydrogen-bond donors (Lipinski definition) is 4. The molecule has 4 aromatic carbocycles. The largest absolute Gasteiger partial charge is 0.478 e. The number of hydrogen-bond acceptors (Lipinski definition) is 6. The highest BCUT2D eigenvalue weighted by Crippen LogP contribution is 2.37. The molecule has 0 radical (unpaired) electrons. The second-order valence-corrected chi connectivity index (χ2v) is 11.8. The summed E-state index contributed by atoms with van der Waals surface area (Å²) in [7, 11) is 0. The van der Waals surface area contributed by atoms with Crippen molar-refractivity contribution in [3.8, 4) is 0 Å². The highest BCUT2D eigenvalue weighted by atomic mass is 32.2. The van der Waals surface area contributed by atoms with Gasteiger partial charge >= 0.3 is 5.97 Å². The van der Waals surface area contributed by atoms with Crippen LogP contribution in [-0.2, 0) is 9.59 Å². The molecule has 8 nitrogen and oxygen atoms in total. The Morgan fingerprint density at radius 2 is 1.38 bits per heavy atom. The van der Waals surface area contributed by atoms with E-state index in [0.717, 1.165) is 10.4 Å². The zero-order chi connectivity index (χ0) is 31.6. The predicted octanol–water partition coefficient (Wildman–Crippen LogP) is 7.33. The van der Waals surface area contributed by atoms with Crippen molar-refractivity contribution in [3.05, 3.63) is 154 Å². The van der Waals surface area contributed by atoms with Crippen LogP contribution in [0.3, 0.4) is 0 Å². The molecule has 0 aliphatic heterocycles. The highest BCUT2D eigenvalue weighted by molar-refractivity contribution is 8.00. The summed E-state index contributed by atoms with van der Waals surface area (Å²) in [4.78, 5) is 52.8. The van der Waals surface area contributed by atoms with Crippen molar-refractivity contribution in [2.45, 2.75) is 10.1 Å². The summed E-state index contributed by atoms with van der Waals surface area (Å²) in [6, 6.07) is 34.7. The first-order valence-corrected chi connectivity index (χ1v) is 15.5. The molecular formula is C35H27N3O5S2. The Bertz CT molecular complexity index is 1840. The number of anilines is 2. The summed E-state index contributed by atoms with van der Waals surface area (Å²) in [6.45, 7) is 0. The van der Waals surface area contributed by atoms with Crippen LogP contribution in [0.4, 0.5) is 11.4 Å². The first kappa shape index (κ1) is 31.0. The van der Waals surface area contributed by atoms with Crippen molar-refractivity contribution in [3.63, 3.8) is 0 Å². The summed E-state index contributed by atoms with van der Waals surface area (Å²) in [5, 5.41) is 19.0. The van der Waals surface area contributed by atoms with Crippen molar-refractivity contribution in [1.29, 1.82) is 0 Å². The maximum atomic E-state index is 13.5. The standard InChI is InChI=1S/C35H27N3O5S2/c39-32(24-12-5-2-6-13-24)38-30(22-28-18-9-19-44-28)33(40)36-27-16-8-17-29(21-27)45-31(23-10-3-1-4-11-23)34(41)37-26-15-7-14-25(20-26)35(42)43/h1-22,31H,(H,36,40)(H,37,41)(H,38,39)(H,42,43)/b30-22-. The SMILES string of the molecule is O=C(Nc1cccc(SC(C(=O)Nc2cccc(C(=O)O)c2)c2ccccc2)c1)/C(=C/c1cccs1)NC(=O)c1ccccc1. The molecule has 1 unspecified atom stereocenters. The van der Waals surface area contributed by atoms with Crippen molar-refractivity contribution < 1.29 is 24.3 Å². The number of thiophene rings is 1. The van der Waals surface area contributed by atoms with Gasteiger partial charge < -0.3 is 21.1 Å². The molecule has 10 heteroatoms. The van der Waals surface area contributed by atoms with Gasteiger partial charge in [-0.2, -0.15) is 0 Å². The fourth-order valence-electron chi connectivity index (χ4n) is 4.28. The Labute approximate surface area is 267 Å². The van der Waals surface area contributed by atoms with E-state index in [2.05, 4.69) is 16.0 Å². The van der Waals surface area contributed by atoms with E-state index >= 15 is 0 Å². The molecule has 5 rings (SSSR count). The van der Waals surface area contributed by atoms with Crippen LogP contribution in [0.5, 0.6) is 0 Å². The molecule has 0 saturated carbocycles. The average molecular weight is 634 g/mol. The van der Waals surface area contributed by atoms with Crippen LogP contribution in [0.2, 0.25) is 0 Å². The van der Waals surface area contributed by atoms with Gasteiger partial charge in [-0.1, -0.05) is 66.7 Å². The molecule has 224 valence electrons. The van der Waals surface area contributed by atoms with Crippen LogP contribution in [0.15, 0.2) is 137 Å². The van der Waals surface area contributed by atoms with Gasteiger partial charge in [-0.25, -0.2) is 4.79 Å². The van der Waals surface area contributed by atoms with Crippen LogP contribution < -0.4 is 16.0 Å². The van der Waals surface area contributed by atoms with Crippen LogP contribution in [0, 0.1) is 0 Å². The minimum Gasteiger partial charge on any atom is -0.478 e. The maximum absolute atomic E-state index is 13.5. The smallest absolute Gasteiger partial charge is 0.335 e. The zero-order valence-electron chi connectivity index (χ0n) is 23.7. The average Bonchev–Trinajstić information content (AvgIpc) is 3.57. The number of nitrogens with one attached hydrogen (secondary N) is 3. The lowest BCUT2D eigenvalue weighted by molar-refractivity contribution is -0.116. The van der Waals surface area contributed by atoms with Crippen LogP contribution >= 0.6 is 23.1 Å². The molecule has 1 aromatic heterocycles. The molecule has 0 saturated heterocycles. The molecule has 4 N–H and O–H groups in total. The Hall–Kier alpha value is -5.45. The Morgan fingerprint density at radius 3 is 2.07 bits per heavy atom. The van der Waals surface area contributed by atoms with E-state index in [0.29, 0.717) is 21.8 Å². The summed E-state index contributed by atoms with van der Waals surface area (Å²) in [6.07, 6.45) is 1.62. The number of rotatable bonds is 11. The number of carboxylic acids is 1. The van der Waals surface area contributed by atoms with Crippen LogP contribution in [0.25, 0.3) is 6.08 Å². The molecule has 1 heterocycles. The van der Waals surface area contributed by atoms with E-state index in [9.17, 15) is 24.3 Å². The van der Waals surface area contributed by atoms with Gasteiger partial charge in [-0.3, -0.25) is 14.4 Å². The van der Waals surface area contributed by atoms with E-state index in [1.54, 1.807) is 66.7 Å². The van der Waals surface area contributed by atoms with E-state index < -0.39 is 23.0 Å². The predicted molar refractivity (Wildman–Crippen MR) is 178 cm³/mol. The van der Waals surface area contributed by atoms with Gasteiger partial charge in [-0.05, 0) is 71.6 Å². The van der Waals surface area contributed by atoms with Gasteiger partial charge in [0.1, 0.15) is 10.9 Å². The zero-order valence-corrected chi connectivity index (χ0v) is 25.3. The third-order valence-corrected chi connectivity index (χ3v) is 8.49. The quantitative estimate of drug-likeness (QED) is 0.0892. The molecule has 0 bridgehead atoms. The normalized spacial score (nSPS) is 11.7. The number of carbonyl (C=O) groups excluding carboxylic acids is 3. The Kier molecular flexibility index (Phi) is 10.2. The van der Waals surface area contributed by atoms with Crippen molar-refractivity contribution in [1.82, 2.24) is 5.32 Å².